The van der Waals surface area contributed by atoms with Crippen molar-refractivity contribution in [1.82, 2.24) is 0 Å². The summed E-state index contributed by atoms with van der Waals surface area (Å²) >= 11 is 0. The van der Waals surface area contributed by atoms with Crippen molar-refractivity contribution in [3.05, 3.63) is 103 Å². The third kappa shape index (κ3) is 5.51. The maximum atomic E-state index is 5.97. The summed E-state index contributed by atoms with van der Waals surface area (Å²) in [5.74, 6) is 2.28. The zero-order valence-corrected chi connectivity index (χ0v) is 23.9. The Labute approximate surface area is 219 Å². The summed E-state index contributed by atoms with van der Waals surface area (Å²) in [5, 5.41) is 4.21. The van der Waals surface area contributed by atoms with E-state index >= 15 is 0 Å². The maximum absolute atomic E-state index is 5.97. The minimum atomic E-state index is -0.631. The summed E-state index contributed by atoms with van der Waals surface area (Å²) in [6, 6.07) is 35.3. The van der Waals surface area contributed by atoms with Crippen molar-refractivity contribution in [3.8, 4) is 22.6 Å². The Kier molecular flexibility index (Phi) is 8.84. The summed E-state index contributed by atoms with van der Waals surface area (Å²) < 4.78 is 11.8. The molecule has 0 fully saturated rings. The highest BCUT2D eigenvalue weighted by atomic mass is 32.1. The monoisotopic (exact) mass is 514 g/mol. The lowest BCUT2D eigenvalue weighted by Crippen LogP contribution is -2.20. The smallest absolute Gasteiger partial charge is 0.127 e. The first kappa shape index (κ1) is 26.4. The molecule has 0 saturated heterocycles. The van der Waals surface area contributed by atoms with Gasteiger partial charge in [0.1, 0.15) is 11.5 Å². The molecule has 4 aromatic carbocycles. The van der Waals surface area contributed by atoms with E-state index in [0.29, 0.717) is 11.6 Å². The molecule has 186 valence electrons. The molecule has 0 amide bonds. The minimum Gasteiger partial charge on any atom is -0.496 e. The number of methoxy groups -OCH3 is 2. The highest BCUT2D eigenvalue weighted by molar-refractivity contribution is 8.39. The van der Waals surface area contributed by atoms with Crippen molar-refractivity contribution < 1.29 is 9.47 Å². The molecule has 36 heavy (non-hydrogen) atoms. The van der Waals surface area contributed by atoms with Gasteiger partial charge in [-0.2, -0.15) is 0 Å². The predicted molar refractivity (Wildman–Crippen MR) is 160 cm³/mol. The van der Waals surface area contributed by atoms with E-state index in [4.69, 9.17) is 9.47 Å². The second-order valence-corrected chi connectivity index (χ2v) is 15.7. The summed E-state index contributed by atoms with van der Waals surface area (Å²) in [6.07, 6.45) is 0. The minimum absolute atomic E-state index is 0.469. The van der Waals surface area contributed by atoms with Crippen LogP contribution in [-0.2, 0) is 0 Å². The lowest BCUT2D eigenvalue weighted by atomic mass is 10.0. The fourth-order valence-corrected chi connectivity index (χ4v) is 13.0. The van der Waals surface area contributed by atoms with Crippen molar-refractivity contribution in [2.75, 3.05) is 14.2 Å². The molecule has 2 atom stereocenters. The van der Waals surface area contributed by atoms with Crippen molar-refractivity contribution in [1.29, 1.82) is 0 Å². The van der Waals surface area contributed by atoms with Gasteiger partial charge in [-0.1, -0.05) is 113 Å². The molecule has 0 aromatic heterocycles. The van der Waals surface area contributed by atoms with Crippen LogP contribution in [0.2, 0.25) is 0 Å². The second kappa shape index (κ2) is 12.1. The van der Waals surface area contributed by atoms with E-state index in [1.807, 2.05) is 12.1 Å². The molecule has 0 heterocycles. The Morgan fingerprint density at radius 1 is 0.583 bits per heavy atom. The van der Waals surface area contributed by atoms with Gasteiger partial charge in [0.15, 0.2) is 0 Å². The zero-order valence-electron chi connectivity index (χ0n) is 22.1. The van der Waals surface area contributed by atoms with E-state index in [1.165, 1.54) is 21.5 Å². The lowest BCUT2D eigenvalue weighted by molar-refractivity contribution is 0.410. The van der Waals surface area contributed by atoms with Gasteiger partial charge in [-0.15, -0.1) is 0 Å². The Bertz CT molecular complexity index is 1270. The molecular weight excluding hydrogens is 478 g/mol. The van der Waals surface area contributed by atoms with Crippen LogP contribution in [0, 0.1) is 0 Å². The highest BCUT2D eigenvalue weighted by Gasteiger charge is 2.32. The van der Waals surface area contributed by atoms with Crippen molar-refractivity contribution in [2.45, 2.75) is 39.3 Å². The van der Waals surface area contributed by atoms with Crippen LogP contribution in [0.3, 0.4) is 0 Å². The number of hydrogen-bond donors (Lipinski definition) is 0. The number of benzene rings is 4. The molecule has 0 N–H and O–H groups in total. The fraction of sp³-hybridized carbons (Fsp3) is 0.250. The molecule has 0 aliphatic carbocycles. The van der Waals surface area contributed by atoms with Crippen LogP contribution < -0.4 is 25.4 Å². The van der Waals surface area contributed by atoms with E-state index in [0.717, 1.165) is 22.6 Å². The summed E-state index contributed by atoms with van der Waals surface area (Å²) in [7, 11) is 2.27. The van der Waals surface area contributed by atoms with Gasteiger partial charge in [0.2, 0.25) is 0 Å². The van der Waals surface area contributed by atoms with Gasteiger partial charge < -0.3 is 9.47 Å². The molecule has 4 rings (SSSR count). The summed E-state index contributed by atoms with van der Waals surface area (Å²) in [5.41, 5.74) is 4.08. The summed E-state index contributed by atoms with van der Waals surface area (Å²) in [4.78, 5) is 0. The fourth-order valence-electron chi connectivity index (χ4n) is 4.59. The molecule has 2 unspecified atom stereocenters. The van der Waals surface area contributed by atoms with Gasteiger partial charge in [0.05, 0.1) is 14.2 Å². The van der Waals surface area contributed by atoms with Crippen LogP contribution in [0.5, 0.6) is 11.5 Å². The maximum Gasteiger partial charge on any atom is 0.127 e. The van der Waals surface area contributed by atoms with Crippen LogP contribution in [0.4, 0.5) is 0 Å². The number of ether oxygens (including phenoxy) is 2. The van der Waals surface area contributed by atoms with Crippen molar-refractivity contribution in [3.63, 3.8) is 0 Å². The molecule has 0 aliphatic heterocycles. The van der Waals surface area contributed by atoms with E-state index in [2.05, 4.69) is 113 Å². The van der Waals surface area contributed by atoms with Crippen LogP contribution in [0.25, 0.3) is 11.1 Å². The second-order valence-electron chi connectivity index (χ2n) is 9.39. The highest BCUT2D eigenvalue weighted by Crippen LogP contribution is 2.70. The Morgan fingerprint density at radius 3 is 1.78 bits per heavy atom. The average molecular weight is 515 g/mol. The Morgan fingerprint density at radius 2 is 1.17 bits per heavy atom. The normalized spacial score (nSPS) is 13.0. The molecule has 0 aliphatic rings. The molecule has 0 bridgehead atoms. The molecule has 2 nitrogen and oxygen atoms in total. The van der Waals surface area contributed by atoms with E-state index in [9.17, 15) is 0 Å². The average Bonchev–Trinajstić information content (AvgIpc) is 2.91. The van der Waals surface area contributed by atoms with Crippen molar-refractivity contribution in [2.24, 2.45) is 0 Å². The first-order valence-corrected chi connectivity index (χ1v) is 16.0. The van der Waals surface area contributed by atoms with Gasteiger partial charge in [-0.05, 0) is 60.4 Å². The van der Waals surface area contributed by atoms with Gasteiger partial charge in [0.25, 0.3) is 0 Å². The van der Waals surface area contributed by atoms with Crippen LogP contribution in [0.1, 0.15) is 39.2 Å². The van der Waals surface area contributed by atoms with E-state index in [1.54, 1.807) is 14.2 Å². The largest absolute Gasteiger partial charge is 0.496 e. The number of para-hydroxylation sites is 1. The predicted octanol–water partition coefficient (Wildman–Crippen LogP) is 8.06. The summed E-state index contributed by atoms with van der Waals surface area (Å²) in [6.45, 7) is 9.26. The quantitative estimate of drug-likeness (QED) is 0.210. The third-order valence-corrected chi connectivity index (χ3v) is 14.9. The van der Waals surface area contributed by atoms with Gasteiger partial charge in [0, 0.05) is 11.1 Å². The molecule has 0 radical (unpaired) electrons. The number of rotatable bonds is 9. The first-order valence-electron chi connectivity index (χ1n) is 12.5. The van der Waals surface area contributed by atoms with Crippen LogP contribution in [0.15, 0.2) is 97.1 Å². The Hall–Kier alpha value is -2.66. The van der Waals surface area contributed by atoms with Gasteiger partial charge in [-0.3, -0.25) is 0 Å². The topological polar surface area (TPSA) is 18.5 Å². The molecule has 4 heteroatoms. The lowest BCUT2D eigenvalue weighted by Gasteiger charge is -2.34. The van der Waals surface area contributed by atoms with Crippen LogP contribution >= 0.6 is 15.2 Å². The molecular formula is C32H36O2P2. The van der Waals surface area contributed by atoms with Crippen molar-refractivity contribution >= 4 is 31.1 Å². The van der Waals surface area contributed by atoms with Gasteiger partial charge >= 0.3 is 0 Å². The molecule has 0 saturated carbocycles. The first-order chi connectivity index (χ1) is 17.5. The number of hydrogen-bond acceptors (Lipinski definition) is 2. The standard InChI is InChI=1S/C32H36O2P2/c1-23(2)25-19-21-27(22-20-25)36(26-13-8-7-9-14-26)35(24(3)4)31-18-12-17-30(34-6)32(31)28-15-10-11-16-29(28)33-5/h7-24H,1-6H3. The Balaban J connectivity index is 1.98. The van der Waals surface area contributed by atoms with E-state index in [-0.39, 0.29) is 0 Å². The molecule has 4 aromatic rings. The van der Waals surface area contributed by atoms with E-state index < -0.39 is 15.2 Å². The SMILES string of the molecule is COc1ccccc1-c1c(OC)cccc1P(C(C)C)P(c1ccccc1)c1ccc(C(C)C)cc1. The zero-order chi connectivity index (χ0) is 25.7. The van der Waals surface area contributed by atoms with Gasteiger partial charge in [-0.25, -0.2) is 0 Å². The molecule has 0 spiro atoms. The third-order valence-electron chi connectivity index (χ3n) is 6.36. The van der Waals surface area contributed by atoms with Crippen LogP contribution in [-0.4, -0.2) is 19.9 Å².